The minimum absolute atomic E-state index is 0.222. The average Bonchev–Trinajstić information content (AvgIpc) is 2.70. The zero-order valence-corrected chi connectivity index (χ0v) is 14.3. The average molecular weight is 346 g/mol. The van der Waals surface area contributed by atoms with Crippen LogP contribution in [0.3, 0.4) is 0 Å². The molecule has 2 N–H and O–H groups in total. The minimum Gasteiger partial charge on any atom is -0.350 e. The maximum atomic E-state index is 12.3. The first-order chi connectivity index (χ1) is 12.6. The number of hydrogen-bond acceptors (Lipinski definition) is 4. The van der Waals surface area contributed by atoms with Crippen molar-refractivity contribution in [1.29, 1.82) is 10.5 Å². The van der Waals surface area contributed by atoms with Crippen LogP contribution in [0.15, 0.2) is 48.5 Å². The van der Waals surface area contributed by atoms with E-state index in [1.165, 1.54) is 0 Å². The quantitative estimate of drug-likeness (QED) is 0.837. The molecule has 0 aromatic heterocycles. The summed E-state index contributed by atoms with van der Waals surface area (Å²) in [5.74, 6) is -0.519. The molecule has 0 aliphatic heterocycles. The highest BCUT2D eigenvalue weighted by molar-refractivity contribution is 5.95. The zero-order valence-electron chi connectivity index (χ0n) is 14.3. The van der Waals surface area contributed by atoms with Gasteiger partial charge in [0, 0.05) is 23.7 Å². The molecule has 2 amide bonds. The van der Waals surface area contributed by atoms with Gasteiger partial charge in [0.15, 0.2) is 0 Å². The summed E-state index contributed by atoms with van der Waals surface area (Å²) >= 11 is 0. The Morgan fingerprint density at radius 2 is 1.35 bits per heavy atom. The molecule has 0 spiro atoms. The number of rotatable bonds is 6. The van der Waals surface area contributed by atoms with Gasteiger partial charge in [-0.1, -0.05) is 6.92 Å². The number of nitriles is 2. The second kappa shape index (κ2) is 9.00. The molecule has 0 fully saturated rings. The molecule has 0 unspecified atom stereocenters. The molecular weight excluding hydrogens is 328 g/mol. The van der Waals surface area contributed by atoms with Crippen LogP contribution < -0.4 is 10.6 Å². The molecule has 26 heavy (non-hydrogen) atoms. The molecule has 0 saturated heterocycles. The smallest absolute Gasteiger partial charge is 0.251 e. The van der Waals surface area contributed by atoms with Crippen LogP contribution in [0.25, 0.3) is 0 Å². The van der Waals surface area contributed by atoms with Gasteiger partial charge in [0.1, 0.15) is 0 Å². The third-order valence-electron chi connectivity index (χ3n) is 3.89. The van der Waals surface area contributed by atoms with Crippen LogP contribution in [-0.4, -0.2) is 24.4 Å². The Kier molecular flexibility index (Phi) is 6.47. The van der Waals surface area contributed by atoms with Gasteiger partial charge in [-0.3, -0.25) is 9.59 Å². The van der Waals surface area contributed by atoms with E-state index in [4.69, 9.17) is 10.5 Å². The van der Waals surface area contributed by atoms with Crippen molar-refractivity contribution in [3.63, 3.8) is 0 Å². The van der Waals surface area contributed by atoms with Crippen molar-refractivity contribution in [1.82, 2.24) is 10.6 Å². The van der Waals surface area contributed by atoms with E-state index >= 15 is 0 Å². The predicted molar refractivity (Wildman–Crippen MR) is 96.2 cm³/mol. The Bertz CT molecular complexity index is 859. The molecule has 0 aliphatic carbocycles. The Labute approximate surface area is 152 Å². The maximum absolute atomic E-state index is 12.3. The molecule has 2 rings (SSSR count). The van der Waals surface area contributed by atoms with Crippen LogP contribution in [0.1, 0.15) is 45.2 Å². The van der Waals surface area contributed by atoms with Gasteiger partial charge in [0.05, 0.1) is 23.3 Å². The predicted octanol–water partition coefficient (Wildman–Crippen LogP) is 2.37. The van der Waals surface area contributed by atoms with Crippen LogP contribution in [-0.2, 0) is 0 Å². The van der Waals surface area contributed by atoms with Crippen molar-refractivity contribution in [3.05, 3.63) is 70.8 Å². The lowest BCUT2D eigenvalue weighted by Gasteiger charge is -2.18. The summed E-state index contributed by atoms with van der Waals surface area (Å²) in [6.07, 6.45) is 0.648. The number of carbonyl (C=O) groups excluding carboxylic acids is 2. The van der Waals surface area contributed by atoms with E-state index in [1.54, 1.807) is 48.5 Å². The van der Waals surface area contributed by atoms with Crippen molar-refractivity contribution in [2.24, 2.45) is 0 Å². The monoisotopic (exact) mass is 346 g/mol. The molecule has 0 radical (unpaired) electrons. The van der Waals surface area contributed by atoms with Gasteiger partial charge in [-0.15, -0.1) is 0 Å². The first kappa shape index (κ1) is 18.7. The summed E-state index contributed by atoms with van der Waals surface area (Å²) in [6, 6.07) is 16.5. The number of benzene rings is 2. The lowest BCUT2D eigenvalue weighted by atomic mass is 10.1. The third-order valence-corrected chi connectivity index (χ3v) is 3.89. The van der Waals surface area contributed by atoms with Gasteiger partial charge in [-0.25, -0.2) is 0 Å². The summed E-state index contributed by atoms with van der Waals surface area (Å²) in [4.78, 5) is 24.4. The highest BCUT2D eigenvalue weighted by Crippen LogP contribution is 2.05. The SMILES string of the molecule is CC[C@@H](CNC(=O)c1ccc(C#N)cc1)NC(=O)c1ccc(C#N)cc1. The van der Waals surface area contributed by atoms with E-state index in [-0.39, 0.29) is 24.4 Å². The van der Waals surface area contributed by atoms with Crippen LogP contribution in [0.2, 0.25) is 0 Å². The molecule has 2 aromatic carbocycles. The molecule has 0 bridgehead atoms. The van der Waals surface area contributed by atoms with Crippen LogP contribution in [0.5, 0.6) is 0 Å². The second-order valence-corrected chi connectivity index (χ2v) is 5.67. The van der Waals surface area contributed by atoms with E-state index in [9.17, 15) is 9.59 Å². The Morgan fingerprint density at radius 3 is 1.77 bits per heavy atom. The highest BCUT2D eigenvalue weighted by Gasteiger charge is 2.14. The van der Waals surface area contributed by atoms with Gasteiger partial charge in [-0.2, -0.15) is 10.5 Å². The van der Waals surface area contributed by atoms with E-state index < -0.39 is 0 Å². The molecule has 130 valence electrons. The fraction of sp³-hybridized carbons (Fsp3) is 0.200. The van der Waals surface area contributed by atoms with Crippen LogP contribution in [0.4, 0.5) is 0 Å². The molecule has 2 aromatic rings. The molecule has 0 saturated carbocycles. The summed E-state index contributed by atoms with van der Waals surface area (Å²) < 4.78 is 0. The Hall–Kier alpha value is -3.64. The van der Waals surface area contributed by atoms with Crippen molar-refractivity contribution in [3.8, 4) is 12.1 Å². The largest absolute Gasteiger partial charge is 0.350 e. The number of carbonyl (C=O) groups is 2. The van der Waals surface area contributed by atoms with Gasteiger partial charge < -0.3 is 10.6 Å². The molecule has 6 heteroatoms. The first-order valence-corrected chi connectivity index (χ1v) is 8.16. The van der Waals surface area contributed by atoms with Crippen molar-refractivity contribution >= 4 is 11.8 Å². The lowest BCUT2D eigenvalue weighted by Crippen LogP contribution is -2.43. The van der Waals surface area contributed by atoms with Crippen molar-refractivity contribution in [2.75, 3.05) is 6.54 Å². The fourth-order valence-corrected chi connectivity index (χ4v) is 2.28. The number of nitrogens with zero attached hydrogens (tertiary/aromatic N) is 2. The number of amides is 2. The molecule has 6 nitrogen and oxygen atoms in total. The van der Waals surface area contributed by atoms with E-state index in [1.807, 2.05) is 19.1 Å². The Morgan fingerprint density at radius 1 is 0.885 bits per heavy atom. The maximum Gasteiger partial charge on any atom is 0.251 e. The van der Waals surface area contributed by atoms with Crippen LogP contribution in [0, 0.1) is 22.7 Å². The standard InChI is InChI=1S/C20H18N4O2/c1-2-18(24-20(26)17-9-5-15(12-22)6-10-17)13-23-19(25)16-7-3-14(11-21)4-8-16/h3-10,18H,2,13H2,1H3,(H,23,25)(H,24,26)/t18-/m0/s1. The summed E-state index contributed by atoms with van der Waals surface area (Å²) in [7, 11) is 0. The van der Waals surface area contributed by atoms with E-state index in [0.29, 0.717) is 28.7 Å². The third kappa shape index (κ3) is 4.93. The molecule has 0 heterocycles. The van der Waals surface area contributed by atoms with Gasteiger partial charge in [-0.05, 0) is 55.0 Å². The van der Waals surface area contributed by atoms with Crippen molar-refractivity contribution in [2.45, 2.75) is 19.4 Å². The highest BCUT2D eigenvalue weighted by atomic mass is 16.2. The molecule has 1 atom stereocenters. The second-order valence-electron chi connectivity index (χ2n) is 5.67. The first-order valence-electron chi connectivity index (χ1n) is 8.16. The minimum atomic E-state index is -0.263. The zero-order chi connectivity index (χ0) is 18.9. The molecular formula is C20H18N4O2. The van der Waals surface area contributed by atoms with Crippen molar-refractivity contribution < 1.29 is 9.59 Å². The van der Waals surface area contributed by atoms with Crippen LogP contribution >= 0.6 is 0 Å². The number of nitrogens with one attached hydrogen (secondary N) is 2. The Balaban J connectivity index is 1.91. The lowest BCUT2D eigenvalue weighted by molar-refractivity contribution is 0.0907. The topological polar surface area (TPSA) is 106 Å². The summed E-state index contributed by atoms with van der Waals surface area (Å²) in [5.41, 5.74) is 1.89. The molecule has 0 aliphatic rings. The normalized spacial score (nSPS) is 10.9. The fourth-order valence-electron chi connectivity index (χ4n) is 2.28. The number of hydrogen-bond donors (Lipinski definition) is 2. The van der Waals surface area contributed by atoms with Gasteiger partial charge in [0.25, 0.3) is 11.8 Å². The summed E-state index contributed by atoms with van der Waals surface area (Å²) in [6.45, 7) is 2.20. The summed E-state index contributed by atoms with van der Waals surface area (Å²) in [5, 5.41) is 23.2. The van der Waals surface area contributed by atoms with Gasteiger partial charge >= 0.3 is 0 Å². The van der Waals surface area contributed by atoms with E-state index in [2.05, 4.69) is 10.6 Å². The van der Waals surface area contributed by atoms with Gasteiger partial charge in [0.2, 0.25) is 0 Å². The van der Waals surface area contributed by atoms with E-state index in [0.717, 1.165) is 0 Å².